The number of benzene rings is 2. The lowest BCUT2D eigenvalue weighted by Gasteiger charge is -2.10. The number of aromatic nitrogens is 2. The Balaban J connectivity index is 1.96. The third kappa shape index (κ3) is 3.99. The molecule has 126 valence electrons. The fraction of sp³-hybridized carbons (Fsp3) is 0. The molecule has 0 unspecified atom stereocenters. The van der Waals surface area contributed by atoms with Crippen LogP contribution in [0.3, 0.4) is 0 Å². The molecule has 0 atom stereocenters. The van der Waals surface area contributed by atoms with Gasteiger partial charge in [0.25, 0.3) is 0 Å². The molecule has 3 rings (SSSR count). The molecule has 0 aliphatic rings. The maximum Gasteiger partial charge on any atom is 0.353 e. The molecule has 9 heteroatoms. The van der Waals surface area contributed by atoms with E-state index < -0.39 is 10.7 Å². The molecular formula is C16H11ClFN5O2. The topological polar surface area (TPSA) is 93.0 Å². The first-order valence-electron chi connectivity index (χ1n) is 7.07. The highest BCUT2D eigenvalue weighted by Gasteiger charge is 2.23. The normalized spacial score (nSPS) is 10.3. The summed E-state index contributed by atoms with van der Waals surface area (Å²) in [6.45, 7) is 0. The van der Waals surface area contributed by atoms with Crippen LogP contribution in [-0.4, -0.2) is 14.9 Å². The minimum absolute atomic E-state index is 0.00637. The van der Waals surface area contributed by atoms with Gasteiger partial charge in [-0.05, 0) is 42.5 Å². The Hall–Kier alpha value is -3.26. The van der Waals surface area contributed by atoms with E-state index in [2.05, 4.69) is 20.6 Å². The molecule has 0 amide bonds. The second kappa shape index (κ2) is 7.10. The molecule has 0 fully saturated rings. The minimum atomic E-state index is -0.598. The molecule has 0 bridgehead atoms. The first kappa shape index (κ1) is 16.6. The molecule has 1 heterocycles. The van der Waals surface area contributed by atoms with Crippen LogP contribution < -0.4 is 10.6 Å². The summed E-state index contributed by atoms with van der Waals surface area (Å²) in [5.74, 6) is -0.422. The van der Waals surface area contributed by atoms with Gasteiger partial charge in [0, 0.05) is 16.4 Å². The zero-order chi connectivity index (χ0) is 17.8. The van der Waals surface area contributed by atoms with Crippen molar-refractivity contribution in [2.24, 2.45) is 0 Å². The Kier molecular flexibility index (Phi) is 4.71. The van der Waals surface area contributed by atoms with Crippen molar-refractivity contribution in [2.75, 3.05) is 10.6 Å². The van der Waals surface area contributed by atoms with Crippen LogP contribution in [0.15, 0.2) is 54.9 Å². The van der Waals surface area contributed by atoms with Gasteiger partial charge in [-0.3, -0.25) is 10.1 Å². The van der Waals surface area contributed by atoms with Crippen molar-refractivity contribution in [3.8, 4) is 0 Å². The zero-order valence-corrected chi connectivity index (χ0v) is 13.4. The van der Waals surface area contributed by atoms with Crippen LogP contribution in [0.4, 0.5) is 33.1 Å². The van der Waals surface area contributed by atoms with Gasteiger partial charge in [0.2, 0.25) is 11.6 Å². The Bertz CT molecular complexity index is 921. The number of nitrogens with one attached hydrogen (secondary N) is 2. The largest absolute Gasteiger partial charge is 0.353 e. The van der Waals surface area contributed by atoms with Crippen molar-refractivity contribution >= 4 is 40.3 Å². The van der Waals surface area contributed by atoms with Gasteiger partial charge in [0.05, 0.1) is 4.92 Å². The number of nitro groups is 1. The Morgan fingerprint density at radius 1 is 1.00 bits per heavy atom. The van der Waals surface area contributed by atoms with E-state index in [1.807, 2.05) is 0 Å². The number of hydrogen-bond acceptors (Lipinski definition) is 6. The van der Waals surface area contributed by atoms with Crippen LogP contribution >= 0.6 is 11.6 Å². The van der Waals surface area contributed by atoms with Crippen molar-refractivity contribution in [3.63, 3.8) is 0 Å². The molecule has 1 aromatic heterocycles. The average molecular weight is 360 g/mol. The maximum atomic E-state index is 13.0. The molecule has 0 radical (unpaired) electrons. The lowest BCUT2D eigenvalue weighted by Crippen LogP contribution is -2.05. The summed E-state index contributed by atoms with van der Waals surface area (Å²) in [6.07, 6.45) is 1.19. The van der Waals surface area contributed by atoms with Gasteiger partial charge in [-0.2, -0.15) is 0 Å². The monoisotopic (exact) mass is 359 g/mol. The highest BCUT2D eigenvalue weighted by molar-refractivity contribution is 6.30. The van der Waals surface area contributed by atoms with Gasteiger partial charge >= 0.3 is 5.69 Å². The molecular weight excluding hydrogens is 349 g/mol. The molecule has 0 saturated carbocycles. The van der Waals surface area contributed by atoms with Gasteiger partial charge in [-0.15, -0.1) is 0 Å². The fourth-order valence-corrected chi connectivity index (χ4v) is 2.30. The van der Waals surface area contributed by atoms with E-state index in [1.165, 1.54) is 30.6 Å². The lowest BCUT2D eigenvalue weighted by molar-refractivity contribution is -0.383. The fourth-order valence-electron chi connectivity index (χ4n) is 2.11. The molecule has 25 heavy (non-hydrogen) atoms. The predicted molar refractivity (Wildman–Crippen MR) is 93.1 cm³/mol. The maximum absolute atomic E-state index is 13.0. The molecule has 3 aromatic rings. The first-order chi connectivity index (χ1) is 12.0. The predicted octanol–water partition coefficient (Wildman–Crippen LogP) is 4.66. The highest BCUT2D eigenvalue weighted by Crippen LogP contribution is 2.33. The molecule has 0 spiro atoms. The van der Waals surface area contributed by atoms with Crippen LogP contribution in [0.5, 0.6) is 0 Å². The van der Waals surface area contributed by atoms with E-state index in [1.54, 1.807) is 24.3 Å². The summed E-state index contributed by atoms with van der Waals surface area (Å²) < 4.78 is 13.0. The molecule has 7 nitrogen and oxygen atoms in total. The average Bonchev–Trinajstić information content (AvgIpc) is 2.57. The third-order valence-electron chi connectivity index (χ3n) is 3.20. The van der Waals surface area contributed by atoms with Gasteiger partial charge in [-0.25, -0.2) is 14.4 Å². The van der Waals surface area contributed by atoms with E-state index in [9.17, 15) is 14.5 Å². The van der Waals surface area contributed by atoms with Gasteiger partial charge in [0.1, 0.15) is 12.1 Å². The van der Waals surface area contributed by atoms with Gasteiger partial charge < -0.3 is 10.6 Å². The molecule has 2 aromatic carbocycles. The van der Waals surface area contributed by atoms with Crippen LogP contribution in [0.2, 0.25) is 5.02 Å². The number of rotatable bonds is 5. The second-order valence-corrected chi connectivity index (χ2v) is 5.38. The van der Waals surface area contributed by atoms with E-state index >= 15 is 0 Å². The standard InChI is InChI=1S/C16H11ClFN5O2/c17-10-2-1-3-13(8-10)22-16-14(23(24)25)15(19-9-20-16)21-12-6-4-11(18)5-7-12/h1-9H,(H2,19,20,21,22). The number of hydrogen-bond donors (Lipinski definition) is 2. The lowest BCUT2D eigenvalue weighted by atomic mass is 10.3. The van der Waals surface area contributed by atoms with E-state index in [0.29, 0.717) is 16.4 Å². The van der Waals surface area contributed by atoms with Crippen LogP contribution in [0.1, 0.15) is 0 Å². The smallest absolute Gasteiger partial charge is 0.334 e. The van der Waals surface area contributed by atoms with Gasteiger partial charge in [0.15, 0.2) is 0 Å². The van der Waals surface area contributed by atoms with Crippen LogP contribution in [0.25, 0.3) is 0 Å². The van der Waals surface area contributed by atoms with Crippen molar-refractivity contribution in [3.05, 3.63) is 75.8 Å². The summed E-state index contributed by atoms with van der Waals surface area (Å²) >= 11 is 5.92. The van der Waals surface area contributed by atoms with Crippen molar-refractivity contribution in [1.29, 1.82) is 0 Å². The van der Waals surface area contributed by atoms with Crippen LogP contribution in [0, 0.1) is 15.9 Å². The van der Waals surface area contributed by atoms with E-state index in [4.69, 9.17) is 11.6 Å². The molecule has 0 saturated heterocycles. The summed E-state index contributed by atoms with van der Waals surface area (Å²) in [5, 5.41) is 17.6. The molecule has 0 aliphatic carbocycles. The highest BCUT2D eigenvalue weighted by atomic mass is 35.5. The van der Waals surface area contributed by atoms with Gasteiger partial charge in [-0.1, -0.05) is 17.7 Å². The second-order valence-electron chi connectivity index (χ2n) is 4.94. The molecule has 2 N–H and O–H groups in total. The number of halogens is 2. The Morgan fingerprint density at radius 3 is 2.24 bits per heavy atom. The third-order valence-corrected chi connectivity index (χ3v) is 3.43. The van der Waals surface area contributed by atoms with Crippen molar-refractivity contribution in [2.45, 2.75) is 0 Å². The van der Waals surface area contributed by atoms with E-state index in [-0.39, 0.29) is 17.3 Å². The number of anilines is 4. The van der Waals surface area contributed by atoms with Crippen LogP contribution in [-0.2, 0) is 0 Å². The SMILES string of the molecule is O=[N+]([O-])c1c(Nc2ccc(F)cc2)ncnc1Nc1cccc(Cl)c1. The Labute approximate surface area is 146 Å². The first-order valence-corrected chi connectivity index (χ1v) is 7.45. The zero-order valence-electron chi connectivity index (χ0n) is 12.6. The van der Waals surface area contributed by atoms with Crippen molar-refractivity contribution in [1.82, 2.24) is 9.97 Å². The summed E-state index contributed by atoms with van der Waals surface area (Å²) in [6, 6.07) is 12.1. The summed E-state index contributed by atoms with van der Waals surface area (Å²) in [5.41, 5.74) is 0.658. The molecule has 0 aliphatic heterocycles. The quantitative estimate of drug-likeness (QED) is 0.508. The minimum Gasteiger partial charge on any atom is -0.334 e. The van der Waals surface area contributed by atoms with Crippen molar-refractivity contribution < 1.29 is 9.31 Å². The van der Waals surface area contributed by atoms with E-state index in [0.717, 1.165) is 0 Å². The number of nitrogens with zero attached hydrogens (tertiary/aromatic N) is 3. The summed E-state index contributed by atoms with van der Waals surface area (Å²) in [7, 11) is 0. The summed E-state index contributed by atoms with van der Waals surface area (Å²) in [4.78, 5) is 18.8. The Morgan fingerprint density at radius 2 is 1.64 bits per heavy atom.